The zero-order chi connectivity index (χ0) is 13.9. The molecule has 0 saturated carbocycles. The Morgan fingerprint density at radius 2 is 2.15 bits per heavy atom. The van der Waals surface area contributed by atoms with Gasteiger partial charge >= 0.3 is 0 Å². The molecule has 110 valence electrons. The van der Waals surface area contributed by atoms with Gasteiger partial charge in [0.15, 0.2) is 0 Å². The fourth-order valence-corrected chi connectivity index (χ4v) is 3.05. The van der Waals surface area contributed by atoms with Crippen molar-refractivity contribution in [2.75, 3.05) is 19.8 Å². The molecule has 1 amide bonds. The third-order valence-corrected chi connectivity index (χ3v) is 4.27. The van der Waals surface area contributed by atoms with Crippen LogP contribution in [0.15, 0.2) is 16.4 Å². The van der Waals surface area contributed by atoms with Gasteiger partial charge in [0, 0.05) is 38.0 Å². The minimum atomic E-state index is -0.00574. The largest absolute Gasteiger partial charge is 0.495 e. The zero-order valence-electron chi connectivity index (χ0n) is 12.0. The Labute approximate surface area is 119 Å². The van der Waals surface area contributed by atoms with Crippen molar-refractivity contribution < 1.29 is 14.3 Å². The second-order valence-corrected chi connectivity index (χ2v) is 5.64. The van der Waals surface area contributed by atoms with Gasteiger partial charge in [-0.15, -0.1) is 0 Å². The molecule has 1 fully saturated rings. The lowest BCUT2D eigenvalue weighted by atomic mass is 9.92. The van der Waals surface area contributed by atoms with Crippen LogP contribution in [0.5, 0.6) is 0 Å². The first kappa shape index (κ1) is 13.6. The highest BCUT2D eigenvalue weighted by Crippen LogP contribution is 2.34. The summed E-state index contributed by atoms with van der Waals surface area (Å²) in [6, 6.07) is 0.231. The van der Waals surface area contributed by atoms with Crippen molar-refractivity contribution in [3.63, 3.8) is 0 Å². The minimum absolute atomic E-state index is 0.00574. The van der Waals surface area contributed by atoms with E-state index >= 15 is 0 Å². The second-order valence-electron chi connectivity index (χ2n) is 5.64. The molecule has 5 heteroatoms. The number of carbonyl (C=O) groups excluding carboxylic acids is 1. The molecule has 3 aliphatic heterocycles. The predicted octanol–water partition coefficient (Wildman–Crippen LogP) is 1.78. The molecule has 1 atom stereocenters. The number of amides is 1. The van der Waals surface area contributed by atoms with Crippen molar-refractivity contribution in [2.24, 2.45) is 10.9 Å². The van der Waals surface area contributed by atoms with E-state index in [1.807, 2.05) is 0 Å². The molecule has 0 aromatic carbocycles. The Bertz CT molecular complexity index is 450. The molecular weight excluding hydrogens is 256 g/mol. The van der Waals surface area contributed by atoms with E-state index in [0.717, 1.165) is 50.4 Å². The minimum Gasteiger partial charge on any atom is -0.495 e. The number of ether oxygens (including phenoxy) is 2. The molecule has 5 nitrogen and oxygen atoms in total. The summed E-state index contributed by atoms with van der Waals surface area (Å²) in [6.07, 6.45) is 4.31. The van der Waals surface area contributed by atoms with Gasteiger partial charge < -0.3 is 14.8 Å². The zero-order valence-corrected chi connectivity index (χ0v) is 12.0. The number of nitrogens with zero attached hydrogens (tertiary/aromatic N) is 1. The smallest absolute Gasteiger partial charge is 0.265 e. The van der Waals surface area contributed by atoms with Crippen LogP contribution in [0, 0.1) is 5.92 Å². The first-order valence-corrected chi connectivity index (χ1v) is 7.60. The number of rotatable bonds is 3. The number of allylic oxidation sites excluding steroid dienone is 1. The van der Waals surface area contributed by atoms with Crippen LogP contribution in [-0.4, -0.2) is 37.5 Å². The molecule has 0 spiro atoms. The summed E-state index contributed by atoms with van der Waals surface area (Å²) in [6.45, 7) is 4.31. The molecule has 0 aromatic heterocycles. The van der Waals surface area contributed by atoms with E-state index in [-0.39, 0.29) is 11.9 Å². The molecule has 3 aliphatic rings. The van der Waals surface area contributed by atoms with E-state index in [1.54, 1.807) is 0 Å². The van der Waals surface area contributed by atoms with Crippen LogP contribution in [0.4, 0.5) is 0 Å². The van der Waals surface area contributed by atoms with E-state index in [9.17, 15) is 4.79 Å². The molecule has 0 bridgehead atoms. The van der Waals surface area contributed by atoms with Gasteiger partial charge in [0.1, 0.15) is 11.5 Å². The lowest BCUT2D eigenvalue weighted by Gasteiger charge is -2.25. The van der Waals surface area contributed by atoms with Gasteiger partial charge in [-0.25, -0.2) is 4.99 Å². The van der Waals surface area contributed by atoms with E-state index < -0.39 is 0 Å². The van der Waals surface area contributed by atoms with Crippen molar-refractivity contribution in [2.45, 2.75) is 45.1 Å². The maximum absolute atomic E-state index is 12.4. The van der Waals surface area contributed by atoms with E-state index in [2.05, 4.69) is 17.2 Å². The summed E-state index contributed by atoms with van der Waals surface area (Å²) in [5.74, 6) is 1.34. The Morgan fingerprint density at radius 1 is 1.35 bits per heavy atom. The molecule has 1 unspecified atom stereocenters. The van der Waals surface area contributed by atoms with Gasteiger partial charge in [0.2, 0.25) is 0 Å². The monoisotopic (exact) mass is 278 g/mol. The SMILES string of the molecule is CCC1CC(C(=O)NC2CCOCC2)=NC2=C1OCC2. The Morgan fingerprint density at radius 3 is 2.90 bits per heavy atom. The number of hydrogen-bond donors (Lipinski definition) is 1. The van der Waals surface area contributed by atoms with Gasteiger partial charge in [0.25, 0.3) is 5.91 Å². The molecule has 3 heterocycles. The third-order valence-electron chi connectivity index (χ3n) is 4.27. The molecule has 0 aromatic rings. The van der Waals surface area contributed by atoms with Crippen LogP contribution in [-0.2, 0) is 14.3 Å². The van der Waals surface area contributed by atoms with E-state index in [1.165, 1.54) is 0 Å². The van der Waals surface area contributed by atoms with Crippen molar-refractivity contribution in [3.8, 4) is 0 Å². The maximum Gasteiger partial charge on any atom is 0.265 e. The van der Waals surface area contributed by atoms with Crippen molar-refractivity contribution in [1.82, 2.24) is 5.32 Å². The predicted molar refractivity (Wildman–Crippen MR) is 75.4 cm³/mol. The van der Waals surface area contributed by atoms with Crippen LogP contribution in [0.3, 0.4) is 0 Å². The van der Waals surface area contributed by atoms with E-state index in [4.69, 9.17) is 9.47 Å². The number of aliphatic imine (C=N–C) groups is 1. The van der Waals surface area contributed by atoms with Gasteiger partial charge in [0.05, 0.1) is 12.3 Å². The quantitative estimate of drug-likeness (QED) is 0.856. The van der Waals surface area contributed by atoms with Gasteiger partial charge in [-0.05, 0) is 19.3 Å². The first-order valence-electron chi connectivity index (χ1n) is 7.60. The summed E-state index contributed by atoms with van der Waals surface area (Å²) in [5, 5.41) is 3.10. The van der Waals surface area contributed by atoms with Gasteiger partial charge in [-0.3, -0.25) is 4.79 Å². The number of carbonyl (C=O) groups is 1. The van der Waals surface area contributed by atoms with Crippen LogP contribution < -0.4 is 5.32 Å². The fourth-order valence-electron chi connectivity index (χ4n) is 3.05. The van der Waals surface area contributed by atoms with Crippen molar-refractivity contribution in [1.29, 1.82) is 0 Å². The topological polar surface area (TPSA) is 59.9 Å². The average molecular weight is 278 g/mol. The molecule has 20 heavy (non-hydrogen) atoms. The van der Waals surface area contributed by atoms with Crippen LogP contribution >= 0.6 is 0 Å². The number of hydrogen-bond acceptors (Lipinski definition) is 4. The van der Waals surface area contributed by atoms with Crippen molar-refractivity contribution >= 4 is 11.6 Å². The molecule has 0 radical (unpaired) electrons. The summed E-state index contributed by atoms with van der Waals surface area (Å²) < 4.78 is 11.0. The van der Waals surface area contributed by atoms with Gasteiger partial charge in [-0.2, -0.15) is 0 Å². The Kier molecular flexibility index (Phi) is 4.05. The Balaban J connectivity index is 1.68. The lowest BCUT2D eigenvalue weighted by Crippen LogP contribution is -2.43. The lowest BCUT2D eigenvalue weighted by molar-refractivity contribution is -0.116. The highest BCUT2D eigenvalue weighted by atomic mass is 16.5. The van der Waals surface area contributed by atoms with Crippen molar-refractivity contribution in [3.05, 3.63) is 11.5 Å². The standard InChI is InChI=1S/C15H22N2O3/c1-2-10-9-13(17-12-5-8-20-14(10)12)15(18)16-11-3-6-19-7-4-11/h10-11H,2-9H2,1H3,(H,16,18). The first-order chi connectivity index (χ1) is 9.78. The highest BCUT2D eigenvalue weighted by molar-refractivity contribution is 6.39. The second kappa shape index (κ2) is 5.95. The summed E-state index contributed by atoms with van der Waals surface area (Å²) >= 11 is 0. The molecule has 1 N–H and O–H groups in total. The van der Waals surface area contributed by atoms with E-state index in [0.29, 0.717) is 24.7 Å². The maximum atomic E-state index is 12.4. The Hall–Kier alpha value is -1.36. The normalized spacial score (nSPS) is 26.9. The summed E-state index contributed by atoms with van der Waals surface area (Å²) in [7, 11) is 0. The van der Waals surface area contributed by atoms with Gasteiger partial charge in [-0.1, -0.05) is 6.92 Å². The van der Waals surface area contributed by atoms with Crippen LogP contribution in [0.25, 0.3) is 0 Å². The molecular formula is C15H22N2O3. The summed E-state index contributed by atoms with van der Waals surface area (Å²) in [4.78, 5) is 16.9. The average Bonchev–Trinajstić information content (AvgIpc) is 2.95. The van der Waals surface area contributed by atoms with Crippen LogP contribution in [0.2, 0.25) is 0 Å². The molecule has 0 aliphatic carbocycles. The third kappa shape index (κ3) is 2.73. The summed E-state index contributed by atoms with van der Waals surface area (Å²) in [5.41, 5.74) is 1.66. The number of nitrogens with one attached hydrogen (secondary N) is 1. The highest BCUT2D eigenvalue weighted by Gasteiger charge is 2.32. The van der Waals surface area contributed by atoms with Crippen LogP contribution in [0.1, 0.15) is 39.0 Å². The fraction of sp³-hybridized carbons (Fsp3) is 0.733. The molecule has 3 rings (SSSR count). The molecule has 1 saturated heterocycles.